The maximum absolute atomic E-state index is 12.4. The number of hydrogen-bond acceptors (Lipinski definition) is 2. The largest absolute Gasteiger partial charge is 0.371 e. The van der Waals surface area contributed by atoms with Crippen LogP contribution in [0.5, 0.6) is 0 Å². The molecule has 1 heterocycles. The van der Waals surface area contributed by atoms with E-state index in [2.05, 4.69) is 31.2 Å². The van der Waals surface area contributed by atoms with E-state index in [4.69, 9.17) is 4.74 Å². The molecule has 1 aliphatic rings. The molecule has 0 bridgehead atoms. The van der Waals surface area contributed by atoms with Crippen molar-refractivity contribution in [2.24, 2.45) is 0 Å². The average Bonchev–Trinajstić information content (AvgIpc) is 2.90. The zero-order chi connectivity index (χ0) is 16.1. The fraction of sp³-hybridized carbons (Fsp3) is 0.350. The molecule has 0 saturated carbocycles. The van der Waals surface area contributed by atoms with Crippen molar-refractivity contribution in [1.29, 1.82) is 0 Å². The second kappa shape index (κ2) is 7.42. The molecule has 120 valence electrons. The van der Waals surface area contributed by atoms with Crippen LogP contribution in [0.2, 0.25) is 0 Å². The van der Waals surface area contributed by atoms with Gasteiger partial charge in [0.25, 0.3) is 0 Å². The molecule has 3 nitrogen and oxygen atoms in total. The zero-order valence-electron chi connectivity index (χ0n) is 13.5. The maximum atomic E-state index is 12.4. The molecule has 0 aliphatic carbocycles. The van der Waals surface area contributed by atoms with Gasteiger partial charge in [0.2, 0.25) is 5.91 Å². The monoisotopic (exact) mass is 309 g/mol. The van der Waals surface area contributed by atoms with Crippen LogP contribution >= 0.6 is 0 Å². The first-order valence-electron chi connectivity index (χ1n) is 8.27. The summed E-state index contributed by atoms with van der Waals surface area (Å²) in [6.07, 6.45) is 1.38. The first-order valence-corrected chi connectivity index (χ1v) is 8.27. The molecule has 0 unspecified atom stereocenters. The third-order valence-corrected chi connectivity index (χ3v) is 4.45. The number of rotatable bonds is 6. The van der Waals surface area contributed by atoms with E-state index in [1.165, 1.54) is 5.56 Å². The summed E-state index contributed by atoms with van der Waals surface area (Å²) in [6, 6.07) is 20.5. The highest BCUT2D eigenvalue weighted by molar-refractivity contribution is 5.79. The van der Waals surface area contributed by atoms with E-state index in [0.717, 1.165) is 12.0 Å². The Kier molecular flexibility index (Phi) is 5.09. The molecule has 1 aliphatic heterocycles. The molecular formula is C20H23NO2. The molecule has 2 atom stereocenters. The molecule has 1 amide bonds. The Hall–Kier alpha value is -2.13. The third-order valence-electron chi connectivity index (χ3n) is 4.45. The van der Waals surface area contributed by atoms with E-state index in [1.807, 2.05) is 41.3 Å². The van der Waals surface area contributed by atoms with Gasteiger partial charge in [-0.2, -0.15) is 0 Å². The van der Waals surface area contributed by atoms with Crippen molar-refractivity contribution in [3.05, 3.63) is 71.8 Å². The van der Waals surface area contributed by atoms with E-state index in [-0.39, 0.29) is 18.1 Å². The van der Waals surface area contributed by atoms with Crippen LogP contribution in [0.4, 0.5) is 0 Å². The highest BCUT2D eigenvalue weighted by atomic mass is 16.5. The van der Waals surface area contributed by atoms with Gasteiger partial charge >= 0.3 is 0 Å². The van der Waals surface area contributed by atoms with Crippen molar-refractivity contribution < 1.29 is 9.53 Å². The van der Waals surface area contributed by atoms with Crippen molar-refractivity contribution in [2.45, 2.75) is 45.1 Å². The second-order valence-electron chi connectivity index (χ2n) is 6.02. The lowest BCUT2D eigenvalue weighted by Crippen LogP contribution is -2.36. The third kappa shape index (κ3) is 3.80. The first-order chi connectivity index (χ1) is 11.3. The topological polar surface area (TPSA) is 29.5 Å². The van der Waals surface area contributed by atoms with Crippen LogP contribution in [0.25, 0.3) is 0 Å². The predicted molar refractivity (Wildman–Crippen MR) is 90.7 cm³/mol. The Morgan fingerprint density at radius 2 is 1.61 bits per heavy atom. The van der Waals surface area contributed by atoms with E-state index in [0.29, 0.717) is 19.6 Å². The maximum Gasteiger partial charge on any atom is 0.225 e. The molecule has 0 spiro atoms. The Balaban J connectivity index is 1.65. The quantitative estimate of drug-likeness (QED) is 0.812. The number of carbonyl (C=O) groups is 1. The summed E-state index contributed by atoms with van der Waals surface area (Å²) in [5, 5.41) is 0. The van der Waals surface area contributed by atoms with Crippen molar-refractivity contribution in [3.63, 3.8) is 0 Å². The van der Waals surface area contributed by atoms with Gasteiger partial charge in [-0.25, -0.2) is 0 Å². The average molecular weight is 309 g/mol. The van der Waals surface area contributed by atoms with Crippen LogP contribution < -0.4 is 0 Å². The van der Waals surface area contributed by atoms with Crippen molar-refractivity contribution in [2.75, 3.05) is 0 Å². The Labute approximate surface area is 137 Å². The number of amides is 1. The fourth-order valence-corrected chi connectivity index (χ4v) is 3.23. The van der Waals surface area contributed by atoms with Gasteiger partial charge in [-0.05, 0) is 17.5 Å². The lowest BCUT2D eigenvalue weighted by molar-refractivity contribution is -0.129. The van der Waals surface area contributed by atoms with Crippen LogP contribution in [0.1, 0.15) is 30.9 Å². The number of carbonyl (C=O) groups excluding carboxylic acids is 1. The van der Waals surface area contributed by atoms with Crippen LogP contribution in [-0.2, 0) is 22.7 Å². The van der Waals surface area contributed by atoms with Crippen LogP contribution in [0, 0.1) is 0 Å². The molecule has 0 radical (unpaired) electrons. The van der Waals surface area contributed by atoms with Crippen LogP contribution in [0.3, 0.4) is 0 Å². The number of benzene rings is 2. The SMILES string of the molecule is CC[C@H]1[C@@H](OCc2ccccc2)CC(=O)N1Cc1ccccc1. The number of likely N-dealkylation sites (tertiary alicyclic amines) is 1. The molecule has 0 N–H and O–H groups in total. The van der Waals surface area contributed by atoms with E-state index in [9.17, 15) is 4.79 Å². The molecule has 2 aromatic rings. The summed E-state index contributed by atoms with van der Waals surface area (Å²) in [7, 11) is 0. The van der Waals surface area contributed by atoms with Crippen molar-refractivity contribution in [1.82, 2.24) is 4.90 Å². The summed E-state index contributed by atoms with van der Waals surface area (Å²) in [5.41, 5.74) is 2.32. The minimum Gasteiger partial charge on any atom is -0.371 e. The minimum atomic E-state index is -0.0172. The molecule has 3 heteroatoms. The van der Waals surface area contributed by atoms with Gasteiger partial charge in [0.05, 0.1) is 25.2 Å². The van der Waals surface area contributed by atoms with Gasteiger partial charge in [0.15, 0.2) is 0 Å². The molecule has 1 fully saturated rings. The first kappa shape index (κ1) is 15.8. The van der Waals surface area contributed by atoms with Gasteiger partial charge in [-0.3, -0.25) is 4.79 Å². The lowest BCUT2D eigenvalue weighted by Gasteiger charge is -2.27. The van der Waals surface area contributed by atoms with Crippen molar-refractivity contribution >= 4 is 5.91 Å². The normalized spacial score (nSPS) is 20.9. The van der Waals surface area contributed by atoms with Crippen LogP contribution in [-0.4, -0.2) is 23.0 Å². The predicted octanol–water partition coefficient (Wildman–Crippen LogP) is 3.78. The van der Waals surface area contributed by atoms with Gasteiger partial charge in [-0.1, -0.05) is 67.6 Å². The summed E-state index contributed by atoms with van der Waals surface area (Å²) in [6.45, 7) is 3.36. The molecule has 23 heavy (non-hydrogen) atoms. The summed E-state index contributed by atoms with van der Waals surface area (Å²) >= 11 is 0. The number of hydrogen-bond donors (Lipinski definition) is 0. The lowest BCUT2D eigenvalue weighted by atomic mass is 10.1. The van der Waals surface area contributed by atoms with Crippen LogP contribution in [0.15, 0.2) is 60.7 Å². The van der Waals surface area contributed by atoms with Gasteiger partial charge < -0.3 is 9.64 Å². The standard InChI is InChI=1S/C20H23NO2/c1-2-18-19(23-15-17-11-7-4-8-12-17)13-20(22)21(18)14-16-9-5-3-6-10-16/h3-12,18-19H,2,13-15H2,1H3/t18-,19-/m0/s1. The van der Waals surface area contributed by atoms with Gasteiger partial charge in [-0.15, -0.1) is 0 Å². The fourth-order valence-electron chi connectivity index (χ4n) is 3.23. The molecule has 2 aromatic carbocycles. The van der Waals surface area contributed by atoms with Gasteiger partial charge in [0, 0.05) is 6.54 Å². The molecule has 0 aromatic heterocycles. The summed E-state index contributed by atoms with van der Waals surface area (Å²) in [4.78, 5) is 14.4. The Morgan fingerprint density at radius 1 is 1.00 bits per heavy atom. The van der Waals surface area contributed by atoms with E-state index < -0.39 is 0 Å². The summed E-state index contributed by atoms with van der Waals surface area (Å²) in [5.74, 6) is 0.193. The number of nitrogens with zero attached hydrogens (tertiary/aromatic N) is 1. The zero-order valence-corrected chi connectivity index (χ0v) is 13.5. The molecule has 1 saturated heterocycles. The smallest absolute Gasteiger partial charge is 0.225 e. The Morgan fingerprint density at radius 3 is 2.22 bits per heavy atom. The van der Waals surface area contributed by atoms with Gasteiger partial charge in [0.1, 0.15) is 0 Å². The highest BCUT2D eigenvalue weighted by Gasteiger charge is 2.39. The summed E-state index contributed by atoms with van der Waals surface area (Å²) < 4.78 is 6.07. The molecular weight excluding hydrogens is 286 g/mol. The minimum absolute atomic E-state index is 0.0172. The van der Waals surface area contributed by atoms with Crippen molar-refractivity contribution in [3.8, 4) is 0 Å². The Bertz CT molecular complexity index is 627. The second-order valence-corrected chi connectivity index (χ2v) is 6.02. The van der Waals surface area contributed by atoms with E-state index in [1.54, 1.807) is 0 Å². The highest BCUT2D eigenvalue weighted by Crippen LogP contribution is 2.27. The van der Waals surface area contributed by atoms with E-state index >= 15 is 0 Å². The number of ether oxygens (including phenoxy) is 1. The molecule has 3 rings (SSSR count).